The molecule has 0 saturated carbocycles. The first-order chi connectivity index (χ1) is 14.4. The number of amides is 1. The number of carbonyl (C=O) groups is 1. The number of rotatable bonds is 3. The van der Waals surface area contributed by atoms with Gasteiger partial charge in [0.05, 0.1) is 10.0 Å². The van der Waals surface area contributed by atoms with Crippen molar-refractivity contribution in [2.45, 2.75) is 0 Å². The number of benzene rings is 2. The number of hydrogen-bond donors (Lipinski definition) is 1. The van der Waals surface area contributed by atoms with Gasteiger partial charge in [-0.3, -0.25) is 4.79 Å². The molecule has 1 N–H and O–H groups in total. The normalized spacial score (nSPS) is 14.2. The summed E-state index contributed by atoms with van der Waals surface area (Å²) in [6.07, 6.45) is 2.57. The largest absolute Gasteiger partial charge is 0.507 e. The molecule has 0 bridgehead atoms. The Kier molecular flexibility index (Phi) is 5.49. The number of aromatic hydroxyl groups is 1. The maximum absolute atomic E-state index is 15.5. The fourth-order valence-electron chi connectivity index (χ4n) is 3.63. The highest BCUT2D eigenvalue weighted by Gasteiger charge is 2.25. The molecule has 1 aliphatic rings. The first-order valence-electron chi connectivity index (χ1n) is 9.19. The summed E-state index contributed by atoms with van der Waals surface area (Å²) in [5.41, 5.74) is 0.168. The Morgan fingerprint density at radius 3 is 2.53 bits per heavy atom. The van der Waals surface area contributed by atoms with Gasteiger partial charge in [0.15, 0.2) is 5.82 Å². The van der Waals surface area contributed by atoms with Crippen molar-refractivity contribution in [2.75, 3.05) is 31.1 Å². The van der Waals surface area contributed by atoms with Crippen LogP contribution in [0.2, 0.25) is 10.0 Å². The molecule has 1 aromatic heterocycles. The van der Waals surface area contributed by atoms with Crippen molar-refractivity contribution in [3.05, 3.63) is 59.1 Å². The third-order valence-electron chi connectivity index (χ3n) is 5.11. The second-order valence-corrected chi connectivity index (χ2v) is 7.61. The zero-order chi connectivity index (χ0) is 21.4. The molecule has 30 heavy (non-hydrogen) atoms. The van der Waals surface area contributed by atoms with Crippen LogP contribution in [0.25, 0.3) is 22.0 Å². The van der Waals surface area contributed by atoms with Crippen molar-refractivity contribution in [3.63, 3.8) is 0 Å². The van der Waals surface area contributed by atoms with E-state index >= 15 is 4.39 Å². The first-order valence-corrected chi connectivity index (χ1v) is 9.94. The minimum Gasteiger partial charge on any atom is -0.507 e. The summed E-state index contributed by atoms with van der Waals surface area (Å²) >= 11 is 12.6. The predicted molar refractivity (Wildman–Crippen MR) is 116 cm³/mol. The molecular weight excluding hydrogens is 430 g/mol. The van der Waals surface area contributed by atoms with E-state index in [4.69, 9.17) is 23.2 Å². The van der Waals surface area contributed by atoms with Crippen LogP contribution in [-0.2, 0) is 4.79 Å². The molecular formula is C21H17Cl2FN4O2. The maximum Gasteiger partial charge on any atom is 0.246 e. The third kappa shape index (κ3) is 3.44. The standard InChI is InChI=1S/C21H17Cl2FN4O2/c1-2-16(30)27-6-8-28(9-7-27)21-12-10-14(23)18(19(24)20(12)25-11-26-21)17-13(22)4-3-5-15(17)29/h2-5,10-11,29H,1,6-9H2. The number of halogens is 3. The maximum atomic E-state index is 15.5. The van der Waals surface area contributed by atoms with Gasteiger partial charge in [-0.05, 0) is 24.3 Å². The van der Waals surface area contributed by atoms with E-state index in [2.05, 4.69) is 16.5 Å². The monoisotopic (exact) mass is 446 g/mol. The van der Waals surface area contributed by atoms with Gasteiger partial charge < -0.3 is 14.9 Å². The molecule has 2 heterocycles. The Morgan fingerprint density at radius 2 is 1.87 bits per heavy atom. The lowest BCUT2D eigenvalue weighted by molar-refractivity contribution is -0.126. The lowest BCUT2D eigenvalue weighted by Crippen LogP contribution is -2.48. The predicted octanol–water partition coefficient (Wildman–Crippen LogP) is 4.28. The van der Waals surface area contributed by atoms with Crippen molar-refractivity contribution < 1.29 is 14.3 Å². The van der Waals surface area contributed by atoms with Gasteiger partial charge in [0.1, 0.15) is 23.4 Å². The second-order valence-electron chi connectivity index (χ2n) is 6.79. The van der Waals surface area contributed by atoms with E-state index in [1.165, 1.54) is 18.5 Å². The Hall–Kier alpha value is -2.90. The molecule has 3 aromatic rings. The average molecular weight is 447 g/mol. The number of carbonyl (C=O) groups excluding carboxylic acids is 1. The number of nitrogens with zero attached hydrogens (tertiary/aromatic N) is 4. The highest BCUT2D eigenvalue weighted by Crippen LogP contribution is 2.43. The number of anilines is 1. The highest BCUT2D eigenvalue weighted by molar-refractivity contribution is 6.37. The summed E-state index contributed by atoms with van der Waals surface area (Å²) in [5, 5.41) is 10.9. The van der Waals surface area contributed by atoms with Gasteiger partial charge in [-0.2, -0.15) is 0 Å². The van der Waals surface area contributed by atoms with E-state index in [9.17, 15) is 9.90 Å². The highest BCUT2D eigenvalue weighted by atomic mass is 35.5. The molecule has 9 heteroatoms. The van der Waals surface area contributed by atoms with Crippen LogP contribution in [0.5, 0.6) is 5.75 Å². The molecule has 0 spiro atoms. The van der Waals surface area contributed by atoms with Crippen LogP contribution in [-0.4, -0.2) is 52.1 Å². The number of phenols is 1. The smallest absolute Gasteiger partial charge is 0.246 e. The first kappa shape index (κ1) is 20.4. The van der Waals surface area contributed by atoms with E-state index in [0.29, 0.717) is 37.4 Å². The zero-order valence-corrected chi connectivity index (χ0v) is 17.3. The molecule has 0 aliphatic carbocycles. The van der Waals surface area contributed by atoms with Gasteiger partial charge in [-0.15, -0.1) is 0 Å². The lowest BCUT2D eigenvalue weighted by atomic mass is 10.0. The van der Waals surface area contributed by atoms with Gasteiger partial charge in [-0.25, -0.2) is 14.4 Å². The third-order valence-corrected chi connectivity index (χ3v) is 5.72. The lowest BCUT2D eigenvalue weighted by Gasteiger charge is -2.35. The number of phenolic OH excluding ortho intramolecular Hbond substituents is 1. The number of fused-ring (bicyclic) bond motifs is 1. The van der Waals surface area contributed by atoms with E-state index in [1.807, 2.05) is 4.90 Å². The van der Waals surface area contributed by atoms with Crippen LogP contribution in [0.1, 0.15) is 0 Å². The molecule has 1 saturated heterocycles. The second kappa shape index (κ2) is 8.08. The van der Waals surface area contributed by atoms with E-state index in [-0.39, 0.29) is 38.3 Å². The molecule has 4 rings (SSSR count). The van der Waals surface area contributed by atoms with Crippen molar-refractivity contribution in [2.24, 2.45) is 0 Å². The molecule has 0 atom stereocenters. The van der Waals surface area contributed by atoms with E-state index in [0.717, 1.165) is 0 Å². The van der Waals surface area contributed by atoms with Crippen molar-refractivity contribution in [1.29, 1.82) is 0 Å². The van der Waals surface area contributed by atoms with Crippen LogP contribution >= 0.6 is 23.2 Å². The van der Waals surface area contributed by atoms with Crippen LogP contribution < -0.4 is 4.90 Å². The summed E-state index contributed by atoms with van der Waals surface area (Å²) in [7, 11) is 0. The van der Waals surface area contributed by atoms with Crippen LogP contribution in [0.15, 0.2) is 43.2 Å². The molecule has 6 nitrogen and oxygen atoms in total. The fraction of sp³-hybridized carbons (Fsp3) is 0.190. The zero-order valence-electron chi connectivity index (χ0n) is 15.8. The summed E-state index contributed by atoms with van der Waals surface area (Å²) in [5.74, 6) is -0.466. The summed E-state index contributed by atoms with van der Waals surface area (Å²) < 4.78 is 15.5. The number of piperazine rings is 1. The number of aromatic nitrogens is 2. The quantitative estimate of drug-likeness (QED) is 0.607. The van der Waals surface area contributed by atoms with Gasteiger partial charge in [0, 0.05) is 42.7 Å². The van der Waals surface area contributed by atoms with Gasteiger partial charge in [0.25, 0.3) is 0 Å². The van der Waals surface area contributed by atoms with Gasteiger partial charge in [-0.1, -0.05) is 35.8 Å². The molecule has 1 fully saturated rings. The minimum absolute atomic E-state index is 0.0154. The van der Waals surface area contributed by atoms with Crippen molar-refractivity contribution in [1.82, 2.24) is 14.9 Å². The fourth-order valence-corrected chi connectivity index (χ4v) is 4.18. The van der Waals surface area contributed by atoms with E-state index < -0.39 is 5.82 Å². The van der Waals surface area contributed by atoms with Gasteiger partial charge >= 0.3 is 0 Å². The molecule has 1 amide bonds. The van der Waals surface area contributed by atoms with E-state index in [1.54, 1.807) is 23.1 Å². The Balaban J connectivity index is 1.79. The molecule has 1 aliphatic heterocycles. The molecule has 0 unspecified atom stereocenters. The van der Waals surface area contributed by atoms with Crippen LogP contribution in [0.3, 0.4) is 0 Å². The topological polar surface area (TPSA) is 69.6 Å². The Morgan fingerprint density at radius 1 is 1.13 bits per heavy atom. The number of hydrogen-bond acceptors (Lipinski definition) is 5. The van der Waals surface area contributed by atoms with Crippen LogP contribution in [0.4, 0.5) is 10.2 Å². The minimum atomic E-state index is -0.690. The summed E-state index contributed by atoms with van der Waals surface area (Å²) in [6, 6.07) is 6.10. The molecule has 0 radical (unpaired) electrons. The Bertz CT molecular complexity index is 1140. The average Bonchev–Trinajstić information content (AvgIpc) is 2.75. The summed E-state index contributed by atoms with van der Waals surface area (Å²) in [4.78, 5) is 23.9. The molecule has 154 valence electrons. The summed E-state index contributed by atoms with van der Waals surface area (Å²) in [6.45, 7) is 5.56. The van der Waals surface area contributed by atoms with Crippen molar-refractivity contribution >= 4 is 45.8 Å². The SMILES string of the molecule is C=CC(=O)N1CCN(c2ncnc3c(F)c(-c4c(O)cccc4Cl)c(Cl)cc23)CC1. The van der Waals surface area contributed by atoms with Crippen molar-refractivity contribution in [3.8, 4) is 16.9 Å². The Labute approximate surface area is 182 Å². The van der Waals surface area contributed by atoms with Gasteiger partial charge in [0.2, 0.25) is 5.91 Å². The van der Waals surface area contributed by atoms with Crippen LogP contribution in [0, 0.1) is 5.82 Å². The molecule has 2 aromatic carbocycles.